The molecular formula is C10H16N8O5. The van der Waals surface area contributed by atoms with E-state index < -0.39 is 29.4 Å². The van der Waals surface area contributed by atoms with Gasteiger partial charge < -0.3 is 5.11 Å². The molecule has 0 radical (unpaired) electrons. The second kappa shape index (κ2) is 9.64. The molecule has 1 aromatic rings. The van der Waals surface area contributed by atoms with Crippen molar-refractivity contribution < 1.29 is 24.3 Å². The van der Waals surface area contributed by atoms with E-state index in [0.29, 0.717) is 0 Å². The number of para-hydroxylation sites is 1. The Morgan fingerprint density at radius 2 is 1.09 bits per heavy atom. The van der Waals surface area contributed by atoms with E-state index in [9.17, 15) is 24.3 Å². The van der Waals surface area contributed by atoms with Crippen molar-refractivity contribution >= 4 is 23.6 Å². The minimum Gasteiger partial charge on any atom is -0.506 e. The first-order chi connectivity index (χ1) is 10.8. The van der Waals surface area contributed by atoms with Gasteiger partial charge in [0.05, 0.1) is 11.1 Å². The van der Waals surface area contributed by atoms with Gasteiger partial charge in [-0.25, -0.2) is 23.4 Å². The average Bonchev–Trinajstić information content (AvgIpc) is 2.59. The first-order valence-corrected chi connectivity index (χ1v) is 5.69. The van der Waals surface area contributed by atoms with Crippen LogP contribution in [0.4, 0.5) is 0 Å². The standard InChI is InChI=1S/C8H10N4O3.C2H6N4O2/c9-11-7(14)4-2-1-3-5(6(4)13)8(15)12-10;3-5-1(7)2(8)6-4/h1-3,13H,9-10H2,(H,11,14)(H,12,15);3-4H2,(H,5,7)(H,6,8). The smallest absolute Gasteiger partial charge is 0.324 e. The Bertz CT molecular complexity index is 557. The molecule has 126 valence electrons. The Labute approximate surface area is 129 Å². The maximum absolute atomic E-state index is 11.1. The van der Waals surface area contributed by atoms with E-state index >= 15 is 0 Å². The van der Waals surface area contributed by atoms with Gasteiger partial charge in [0.15, 0.2) is 0 Å². The van der Waals surface area contributed by atoms with Crippen LogP contribution in [-0.4, -0.2) is 28.7 Å². The van der Waals surface area contributed by atoms with Gasteiger partial charge in [0.25, 0.3) is 11.8 Å². The van der Waals surface area contributed by atoms with E-state index in [1.807, 2.05) is 10.9 Å². The number of nitrogen functional groups attached to an aromatic ring is 2. The predicted octanol–water partition coefficient (Wildman–Crippen LogP) is -4.43. The third-order valence-electron chi connectivity index (χ3n) is 2.26. The molecule has 1 rings (SSSR count). The zero-order valence-electron chi connectivity index (χ0n) is 11.6. The molecule has 0 fully saturated rings. The molecule has 13 N–H and O–H groups in total. The Morgan fingerprint density at radius 3 is 1.35 bits per heavy atom. The van der Waals surface area contributed by atoms with Crippen LogP contribution in [0.2, 0.25) is 0 Å². The molecule has 0 atom stereocenters. The molecule has 1 aromatic carbocycles. The molecule has 0 saturated heterocycles. The number of rotatable bonds is 2. The lowest BCUT2D eigenvalue weighted by atomic mass is 10.1. The van der Waals surface area contributed by atoms with Crippen LogP contribution in [0.5, 0.6) is 5.75 Å². The summed E-state index contributed by atoms with van der Waals surface area (Å²) in [4.78, 5) is 42.3. The summed E-state index contributed by atoms with van der Waals surface area (Å²) < 4.78 is 0. The van der Waals surface area contributed by atoms with Gasteiger partial charge in [-0.3, -0.25) is 40.9 Å². The van der Waals surface area contributed by atoms with E-state index in [1.54, 1.807) is 10.9 Å². The molecule has 0 saturated carbocycles. The monoisotopic (exact) mass is 328 g/mol. The fourth-order valence-electron chi connectivity index (χ4n) is 1.20. The minimum atomic E-state index is -0.965. The highest BCUT2D eigenvalue weighted by Crippen LogP contribution is 2.21. The average molecular weight is 328 g/mol. The molecular weight excluding hydrogens is 312 g/mol. The second-order valence-corrected chi connectivity index (χ2v) is 3.60. The SMILES string of the molecule is NNC(=O)C(=O)NN.NNC(=O)c1cccc(C(=O)NN)c1O. The van der Waals surface area contributed by atoms with E-state index in [-0.39, 0.29) is 11.1 Å². The maximum atomic E-state index is 11.1. The van der Waals surface area contributed by atoms with Crippen molar-refractivity contribution in [1.29, 1.82) is 0 Å². The van der Waals surface area contributed by atoms with Gasteiger partial charge >= 0.3 is 11.8 Å². The highest BCUT2D eigenvalue weighted by atomic mass is 16.3. The van der Waals surface area contributed by atoms with Gasteiger partial charge in [0.1, 0.15) is 5.75 Å². The van der Waals surface area contributed by atoms with Gasteiger partial charge in [0, 0.05) is 0 Å². The van der Waals surface area contributed by atoms with Crippen LogP contribution >= 0.6 is 0 Å². The number of aromatic hydroxyl groups is 1. The maximum Gasteiger partial charge on any atom is 0.324 e. The molecule has 0 spiro atoms. The summed E-state index contributed by atoms with van der Waals surface area (Å²) in [7, 11) is 0. The van der Waals surface area contributed by atoms with Crippen LogP contribution in [0.25, 0.3) is 0 Å². The summed E-state index contributed by atoms with van der Waals surface area (Å²) in [6.45, 7) is 0. The molecule has 13 nitrogen and oxygen atoms in total. The van der Waals surface area contributed by atoms with E-state index in [4.69, 9.17) is 11.7 Å². The molecule has 13 heteroatoms. The summed E-state index contributed by atoms with van der Waals surface area (Å²) in [5.41, 5.74) is 6.66. The normalized spacial score (nSPS) is 8.87. The second-order valence-electron chi connectivity index (χ2n) is 3.60. The fourth-order valence-corrected chi connectivity index (χ4v) is 1.20. The number of nitrogens with two attached hydrogens (primary N) is 4. The molecule has 0 heterocycles. The molecule has 0 bridgehead atoms. The largest absolute Gasteiger partial charge is 0.506 e. The fraction of sp³-hybridized carbons (Fsp3) is 0. The third-order valence-corrected chi connectivity index (χ3v) is 2.26. The van der Waals surface area contributed by atoms with E-state index in [0.717, 1.165) is 0 Å². The van der Waals surface area contributed by atoms with Crippen LogP contribution in [0.15, 0.2) is 18.2 Å². The van der Waals surface area contributed by atoms with Gasteiger partial charge in [-0.15, -0.1) is 0 Å². The molecule has 23 heavy (non-hydrogen) atoms. The molecule has 0 unspecified atom stereocenters. The highest BCUT2D eigenvalue weighted by Gasteiger charge is 2.16. The van der Waals surface area contributed by atoms with Gasteiger partial charge in [-0.05, 0) is 12.1 Å². The third kappa shape index (κ3) is 5.56. The summed E-state index contributed by atoms with van der Waals surface area (Å²) in [5.74, 6) is 15.1. The number of phenolic OH excluding ortho intramolecular Hbond substituents is 1. The minimum absolute atomic E-state index is 0.0985. The number of phenols is 1. The number of amides is 4. The van der Waals surface area contributed by atoms with Crippen LogP contribution in [0.3, 0.4) is 0 Å². The molecule has 0 aliphatic rings. The number of benzene rings is 1. The molecule has 0 aromatic heterocycles. The van der Waals surface area contributed by atoms with Crippen molar-refractivity contribution in [3.8, 4) is 5.75 Å². The lowest BCUT2D eigenvalue weighted by Crippen LogP contribution is -2.45. The first-order valence-electron chi connectivity index (χ1n) is 5.69. The quantitative estimate of drug-likeness (QED) is 0.110. The van der Waals surface area contributed by atoms with Gasteiger partial charge in [-0.2, -0.15) is 0 Å². The number of hydrogen-bond acceptors (Lipinski definition) is 9. The Balaban J connectivity index is 0.000000515. The lowest BCUT2D eigenvalue weighted by Gasteiger charge is -2.06. The van der Waals surface area contributed by atoms with Crippen molar-refractivity contribution in [2.24, 2.45) is 23.4 Å². The van der Waals surface area contributed by atoms with Gasteiger partial charge in [-0.1, -0.05) is 6.07 Å². The van der Waals surface area contributed by atoms with Crippen molar-refractivity contribution in [2.45, 2.75) is 0 Å². The highest BCUT2D eigenvalue weighted by molar-refractivity contribution is 6.34. The Kier molecular flexibility index (Phi) is 8.27. The Morgan fingerprint density at radius 1 is 0.739 bits per heavy atom. The zero-order valence-corrected chi connectivity index (χ0v) is 11.6. The first kappa shape index (κ1) is 19.7. The van der Waals surface area contributed by atoms with Crippen LogP contribution in [0, 0.1) is 0 Å². The van der Waals surface area contributed by atoms with E-state index in [2.05, 4.69) is 11.7 Å². The van der Waals surface area contributed by atoms with E-state index in [1.165, 1.54) is 18.2 Å². The molecule has 0 aliphatic carbocycles. The number of hydrazine groups is 4. The van der Waals surface area contributed by atoms with Crippen molar-refractivity contribution in [2.75, 3.05) is 0 Å². The van der Waals surface area contributed by atoms with Crippen molar-refractivity contribution in [1.82, 2.24) is 21.7 Å². The summed E-state index contributed by atoms with van der Waals surface area (Å²) in [6, 6.07) is 4.07. The molecule has 0 aliphatic heterocycles. The van der Waals surface area contributed by atoms with Crippen LogP contribution in [0.1, 0.15) is 20.7 Å². The van der Waals surface area contributed by atoms with Crippen LogP contribution in [-0.2, 0) is 9.59 Å². The predicted molar refractivity (Wildman–Crippen MR) is 76.1 cm³/mol. The number of nitrogens with one attached hydrogen (secondary N) is 4. The Hall–Kier alpha value is -3.26. The number of carbonyl (C=O) groups excluding carboxylic acids is 4. The number of carbonyl (C=O) groups is 4. The molecule has 4 amide bonds. The topological polar surface area (TPSA) is 241 Å². The van der Waals surface area contributed by atoms with Crippen LogP contribution < -0.4 is 45.1 Å². The summed E-state index contributed by atoms with van der Waals surface area (Å²) in [5, 5.41) is 9.56. The zero-order chi connectivity index (χ0) is 18.0. The number of hydrogen-bond donors (Lipinski definition) is 9. The lowest BCUT2D eigenvalue weighted by molar-refractivity contribution is -0.139. The summed E-state index contributed by atoms with van der Waals surface area (Å²) in [6.07, 6.45) is 0. The summed E-state index contributed by atoms with van der Waals surface area (Å²) >= 11 is 0. The van der Waals surface area contributed by atoms with Crippen molar-refractivity contribution in [3.63, 3.8) is 0 Å². The van der Waals surface area contributed by atoms with Crippen molar-refractivity contribution in [3.05, 3.63) is 29.3 Å². The van der Waals surface area contributed by atoms with Gasteiger partial charge in [0.2, 0.25) is 0 Å².